The summed E-state index contributed by atoms with van der Waals surface area (Å²) in [6.45, 7) is 1.51. The van der Waals surface area contributed by atoms with Crippen molar-refractivity contribution in [3.63, 3.8) is 0 Å². The van der Waals surface area contributed by atoms with Gasteiger partial charge in [-0.1, -0.05) is 12.1 Å². The molecule has 7 heteroatoms. The van der Waals surface area contributed by atoms with Gasteiger partial charge in [0.25, 0.3) is 0 Å². The fourth-order valence-electron chi connectivity index (χ4n) is 2.89. The number of hydrogen-bond donors (Lipinski definition) is 1. The molecule has 5 nitrogen and oxygen atoms in total. The quantitative estimate of drug-likeness (QED) is 0.541. The van der Waals surface area contributed by atoms with E-state index in [9.17, 15) is 14.0 Å². The highest BCUT2D eigenvalue weighted by Crippen LogP contribution is 2.31. The van der Waals surface area contributed by atoms with Gasteiger partial charge in [0, 0.05) is 24.3 Å². The smallest absolute Gasteiger partial charge is 0.227 e. The highest BCUT2D eigenvalue weighted by Gasteiger charge is 2.23. The molecule has 2 aromatic carbocycles. The Morgan fingerprint density at radius 1 is 1.11 bits per heavy atom. The van der Waals surface area contributed by atoms with E-state index in [4.69, 9.17) is 4.74 Å². The number of thioether (sulfide) groups is 1. The van der Waals surface area contributed by atoms with Crippen LogP contribution in [0.2, 0.25) is 0 Å². The summed E-state index contributed by atoms with van der Waals surface area (Å²) in [5, 5.41) is 2.85. The molecule has 0 bridgehead atoms. The summed E-state index contributed by atoms with van der Waals surface area (Å²) in [5.41, 5.74) is 0.761. The van der Waals surface area contributed by atoms with Crippen molar-refractivity contribution in [2.24, 2.45) is 0 Å². The van der Waals surface area contributed by atoms with Gasteiger partial charge in [0.1, 0.15) is 18.2 Å². The fraction of sp³-hybridized carbons (Fsp3) is 0.333. The second kappa shape index (κ2) is 10.1. The van der Waals surface area contributed by atoms with Crippen LogP contribution in [0.15, 0.2) is 53.4 Å². The molecule has 1 N–H and O–H groups in total. The number of amides is 2. The summed E-state index contributed by atoms with van der Waals surface area (Å²) >= 11 is 1.62. The number of anilines is 1. The van der Waals surface area contributed by atoms with E-state index in [1.54, 1.807) is 28.8 Å². The van der Waals surface area contributed by atoms with Crippen LogP contribution in [0.1, 0.15) is 19.3 Å². The molecule has 0 aliphatic carbocycles. The van der Waals surface area contributed by atoms with E-state index in [-0.39, 0.29) is 30.5 Å². The lowest BCUT2D eigenvalue weighted by atomic mass is 10.2. The van der Waals surface area contributed by atoms with Crippen molar-refractivity contribution in [3.8, 4) is 5.75 Å². The van der Waals surface area contributed by atoms with E-state index in [0.717, 1.165) is 22.8 Å². The van der Waals surface area contributed by atoms with Gasteiger partial charge in [-0.15, -0.1) is 11.8 Å². The molecule has 0 spiro atoms. The Balaban J connectivity index is 1.33. The molecular weight excluding hydrogens is 379 g/mol. The SMILES string of the molecule is O=C(CCC(=O)N1CCOc2ccccc21)NCCCSc1ccc(F)cc1. The Morgan fingerprint density at radius 3 is 2.71 bits per heavy atom. The average Bonchev–Trinajstić information content (AvgIpc) is 2.72. The van der Waals surface area contributed by atoms with Gasteiger partial charge < -0.3 is 15.0 Å². The van der Waals surface area contributed by atoms with Gasteiger partial charge in [0.2, 0.25) is 11.8 Å². The summed E-state index contributed by atoms with van der Waals surface area (Å²) in [5.74, 6) is 1.09. The predicted octanol–water partition coefficient (Wildman–Crippen LogP) is 3.63. The molecule has 1 aliphatic heterocycles. The van der Waals surface area contributed by atoms with Crippen LogP contribution in [0, 0.1) is 5.82 Å². The van der Waals surface area contributed by atoms with Crippen molar-refractivity contribution < 1.29 is 18.7 Å². The van der Waals surface area contributed by atoms with E-state index in [0.29, 0.717) is 25.4 Å². The zero-order valence-electron chi connectivity index (χ0n) is 15.5. The molecule has 0 atom stereocenters. The second-order valence-corrected chi connectivity index (χ2v) is 7.54. The molecule has 28 heavy (non-hydrogen) atoms. The van der Waals surface area contributed by atoms with Crippen LogP contribution in [0.5, 0.6) is 5.75 Å². The lowest BCUT2D eigenvalue weighted by Gasteiger charge is -2.29. The van der Waals surface area contributed by atoms with Gasteiger partial charge in [-0.05, 0) is 48.6 Å². The van der Waals surface area contributed by atoms with E-state index >= 15 is 0 Å². The van der Waals surface area contributed by atoms with E-state index in [1.807, 2.05) is 24.3 Å². The van der Waals surface area contributed by atoms with Crippen molar-refractivity contribution in [1.29, 1.82) is 0 Å². The minimum absolute atomic E-state index is 0.0715. The van der Waals surface area contributed by atoms with Crippen molar-refractivity contribution in [3.05, 3.63) is 54.3 Å². The largest absolute Gasteiger partial charge is 0.490 e. The van der Waals surface area contributed by atoms with Crippen LogP contribution in [-0.4, -0.2) is 37.3 Å². The van der Waals surface area contributed by atoms with Crippen molar-refractivity contribution in [1.82, 2.24) is 5.32 Å². The maximum Gasteiger partial charge on any atom is 0.227 e. The number of fused-ring (bicyclic) bond motifs is 1. The van der Waals surface area contributed by atoms with E-state index < -0.39 is 0 Å². The maximum absolute atomic E-state index is 12.8. The Hall–Kier alpha value is -2.54. The number of carbonyl (C=O) groups is 2. The van der Waals surface area contributed by atoms with Crippen LogP contribution in [0.4, 0.5) is 10.1 Å². The van der Waals surface area contributed by atoms with E-state index in [2.05, 4.69) is 5.32 Å². The van der Waals surface area contributed by atoms with Gasteiger partial charge in [-0.25, -0.2) is 4.39 Å². The predicted molar refractivity (Wildman–Crippen MR) is 108 cm³/mol. The number of nitrogens with one attached hydrogen (secondary N) is 1. The molecule has 2 aromatic rings. The van der Waals surface area contributed by atoms with Crippen LogP contribution in [0.25, 0.3) is 0 Å². The first-order chi connectivity index (χ1) is 13.6. The average molecular weight is 402 g/mol. The summed E-state index contributed by atoms with van der Waals surface area (Å²) in [4.78, 5) is 27.2. The van der Waals surface area contributed by atoms with Crippen LogP contribution in [0.3, 0.4) is 0 Å². The van der Waals surface area contributed by atoms with Crippen molar-refractivity contribution >= 4 is 29.3 Å². The Morgan fingerprint density at radius 2 is 1.89 bits per heavy atom. The van der Waals surface area contributed by atoms with Crippen molar-refractivity contribution in [2.75, 3.05) is 30.3 Å². The molecule has 0 radical (unpaired) electrons. The standard InChI is InChI=1S/C21H23FN2O3S/c22-16-6-8-17(9-7-16)28-15-3-12-23-20(25)10-11-21(26)24-13-14-27-19-5-2-1-4-18(19)24/h1-2,4-9H,3,10-15H2,(H,23,25). The molecule has 1 heterocycles. The van der Waals surface area contributed by atoms with E-state index in [1.165, 1.54) is 12.1 Å². The van der Waals surface area contributed by atoms with Crippen LogP contribution in [-0.2, 0) is 9.59 Å². The molecule has 1 aliphatic rings. The molecule has 0 saturated heterocycles. The Labute approximate surface area is 168 Å². The summed E-state index contributed by atoms with van der Waals surface area (Å²) in [7, 11) is 0. The summed E-state index contributed by atoms with van der Waals surface area (Å²) < 4.78 is 18.4. The summed E-state index contributed by atoms with van der Waals surface area (Å²) in [6.07, 6.45) is 1.15. The molecular formula is C21H23FN2O3S. The monoisotopic (exact) mass is 402 g/mol. The number of halogens is 1. The number of para-hydroxylation sites is 2. The molecule has 0 aromatic heterocycles. The van der Waals surface area contributed by atoms with Gasteiger partial charge in [-0.2, -0.15) is 0 Å². The summed E-state index contributed by atoms with van der Waals surface area (Å²) in [6, 6.07) is 13.8. The second-order valence-electron chi connectivity index (χ2n) is 6.37. The molecule has 0 unspecified atom stereocenters. The number of carbonyl (C=O) groups excluding carboxylic acids is 2. The Kier molecular flexibility index (Phi) is 7.31. The normalized spacial score (nSPS) is 12.8. The highest BCUT2D eigenvalue weighted by atomic mass is 32.2. The number of hydrogen-bond acceptors (Lipinski definition) is 4. The number of rotatable bonds is 8. The first-order valence-corrected chi connectivity index (χ1v) is 10.3. The van der Waals surface area contributed by atoms with Gasteiger partial charge in [-0.3, -0.25) is 9.59 Å². The molecule has 2 amide bonds. The topological polar surface area (TPSA) is 58.6 Å². The first kappa shape index (κ1) is 20.2. The Bertz CT molecular complexity index is 814. The van der Waals surface area contributed by atoms with Crippen LogP contribution < -0.4 is 15.0 Å². The molecule has 148 valence electrons. The number of benzene rings is 2. The minimum Gasteiger partial charge on any atom is -0.490 e. The first-order valence-electron chi connectivity index (χ1n) is 9.31. The third-order valence-electron chi connectivity index (χ3n) is 4.32. The van der Waals surface area contributed by atoms with Gasteiger partial charge in [0.05, 0.1) is 12.2 Å². The molecule has 0 saturated carbocycles. The maximum atomic E-state index is 12.8. The highest BCUT2D eigenvalue weighted by molar-refractivity contribution is 7.99. The fourth-order valence-corrected chi connectivity index (χ4v) is 3.75. The molecule has 3 rings (SSSR count). The van der Waals surface area contributed by atoms with Gasteiger partial charge >= 0.3 is 0 Å². The number of ether oxygens (including phenoxy) is 1. The molecule has 0 fully saturated rings. The number of nitrogens with zero attached hydrogens (tertiary/aromatic N) is 1. The lowest BCUT2D eigenvalue weighted by molar-refractivity contribution is -0.125. The van der Waals surface area contributed by atoms with Gasteiger partial charge in [0.15, 0.2) is 0 Å². The zero-order chi connectivity index (χ0) is 19.8. The minimum atomic E-state index is -0.244. The third-order valence-corrected chi connectivity index (χ3v) is 5.42. The van der Waals surface area contributed by atoms with Crippen LogP contribution >= 0.6 is 11.8 Å². The van der Waals surface area contributed by atoms with Crippen molar-refractivity contribution in [2.45, 2.75) is 24.2 Å². The lowest BCUT2D eigenvalue weighted by Crippen LogP contribution is -2.38. The zero-order valence-corrected chi connectivity index (χ0v) is 16.3. The third kappa shape index (κ3) is 5.73.